The molecule has 21 heavy (non-hydrogen) atoms. The molecule has 5 heteroatoms. The van der Waals surface area contributed by atoms with Crippen LogP contribution in [-0.2, 0) is 12.7 Å². The number of hydrogen-bond donors (Lipinski definition) is 1. The van der Waals surface area contributed by atoms with E-state index in [1.54, 1.807) is 12.1 Å². The van der Waals surface area contributed by atoms with Gasteiger partial charge in [-0.05, 0) is 24.5 Å². The van der Waals surface area contributed by atoms with E-state index >= 15 is 0 Å². The molecule has 1 aromatic carbocycles. The van der Waals surface area contributed by atoms with Crippen LogP contribution in [0.25, 0.3) is 0 Å². The second kappa shape index (κ2) is 6.36. The maximum Gasteiger partial charge on any atom is 0.416 e. The summed E-state index contributed by atoms with van der Waals surface area (Å²) in [6, 6.07) is 6.46. The number of halogens is 3. The number of alkyl halides is 3. The van der Waals surface area contributed by atoms with Crippen molar-refractivity contribution in [3.05, 3.63) is 35.4 Å². The molecule has 2 unspecified atom stereocenters. The first-order valence-corrected chi connectivity index (χ1v) is 7.41. The molecule has 0 spiro atoms. The van der Waals surface area contributed by atoms with Gasteiger partial charge < -0.3 is 5.32 Å². The summed E-state index contributed by atoms with van der Waals surface area (Å²) in [5.74, 6) is 0.406. The lowest BCUT2D eigenvalue weighted by Crippen LogP contribution is -2.56. The van der Waals surface area contributed by atoms with E-state index in [0.29, 0.717) is 24.1 Å². The normalized spacial score (nSPS) is 24.5. The summed E-state index contributed by atoms with van der Waals surface area (Å²) in [6.07, 6.45) is -4.29. The van der Waals surface area contributed by atoms with Crippen molar-refractivity contribution in [3.63, 3.8) is 0 Å². The predicted molar refractivity (Wildman–Crippen MR) is 77.9 cm³/mol. The Morgan fingerprint density at radius 2 is 1.95 bits per heavy atom. The summed E-state index contributed by atoms with van der Waals surface area (Å²) < 4.78 is 39.3. The van der Waals surface area contributed by atoms with Crippen LogP contribution in [-0.4, -0.2) is 30.1 Å². The zero-order chi connectivity index (χ0) is 15.6. The molecule has 0 saturated carbocycles. The van der Waals surface area contributed by atoms with Gasteiger partial charge >= 0.3 is 6.18 Å². The van der Waals surface area contributed by atoms with Crippen LogP contribution < -0.4 is 5.32 Å². The Morgan fingerprint density at radius 3 is 2.57 bits per heavy atom. The Morgan fingerprint density at radius 1 is 1.29 bits per heavy atom. The minimum absolute atomic E-state index is 0.266. The minimum atomic E-state index is -4.29. The molecular weight excluding hydrogens is 277 g/mol. The summed E-state index contributed by atoms with van der Waals surface area (Å²) in [7, 11) is 0. The maximum atomic E-state index is 13.1. The SMILES string of the molecule is CC1CN(Cc2ccccc2C(F)(F)F)C(C(C)C)CN1. The number of piperazine rings is 1. The smallest absolute Gasteiger partial charge is 0.311 e. The molecule has 0 aromatic heterocycles. The van der Waals surface area contributed by atoms with Crippen LogP contribution in [0.3, 0.4) is 0 Å². The summed E-state index contributed by atoms with van der Waals surface area (Å²) >= 11 is 0. The van der Waals surface area contributed by atoms with Crippen LogP contribution in [0.1, 0.15) is 31.9 Å². The second-order valence-corrected chi connectivity index (χ2v) is 6.21. The molecule has 0 amide bonds. The van der Waals surface area contributed by atoms with Crippen LogP contribution in [0.2, 0.25) is 0 Å². The van der Waals surface area contributed by atoms with Crippen molar-refractivity contribution in [3.8, 4) is 0 Å². The lowest BCUT2D eigenvalue weighted by molar-refractivity contribution is -0.138. The molecule has 2 nitrogen and oxygen atoms in total. The number of benzene rings is 1. The van der Waals surface area contributed by atoms with Crippen LogP contribution in [0, 0.1) is 5.92 Å². The van der Waals surface area contributed by atoms with Gasteiger partial charge in [0.25, 0.3) is 0 Å². The quantitative estimate of drug-likeness (QED) is 0.919. The molecule has 1 saturated heterocycles. The van der Waals surface area contributed by atoms with Gasteiger partial charge in [-0.2, -0.15) is 13.2 Å². The molecule has 1 N–H and O–H groups in total. The topological polar surface area (TPSA) is 15.3 Å². The highest BCUT2D eigenvalue weighted by Crippen LogP contribution is 2.33. The molecular formula is C16H23F3N2. The van der Waals surface area contributed by atoms with E-state index in [-0.39, 0.29) is 6.04 Å². The molecule has 118 valence electrons. The molecule has 1 aromatic rings. The fourth-order valence-corrected chi connectivity index (χ4v) is 3.00. The van der Waals surface area contributed by atoms with Gasteiger partial charge in [0.1, 0.15) is 0 Å². The lowest BCUT2D eigenvalue weighted by Gasteiger charge is -2.41. The largest absolute Gasteiger partial charge is 0.416 e. The highest BCUT2D eigenvalue weighted by molar-refractivity contribution is 5.29. The summed E-state index contributed by atoms with van der Waals surface area (Å²) in [5, 5.41) is 3.41. The van der Waals surface area contributed by atoms with Gasteiger partial charge in [-0.15, -0.1) is 0 Å². The fourth-order valence-electron chi connectivity index (χ4n) is 3.00. The number of nitrogens with one attached hydrogen (secondary N) is 1. The Balaban J connectivity index is 2.23. The number of nitrogens with zero attached hydrogens (tertiary/aromatic N) is 1. The van der Waals surface area contributed by atoms with E-state index in [1.165, 1.54) is 12.1 Å². The zero-order valence-electron chi connectivity index (χ0n) is 12.7. The molecule has 0 radical (unpaired) electrons. The van der Waals surface area contributed by atoms with Gasteiger partial charge in [0.15, 0.2) is 0 Å². The minimum Gasteiger partial charge on any atom is -0.311 e. The van der Waals surface area contributed by atoms with Gasteiger partial charge in [-0.3, -0.25) is 4.90 Å². The van der Waals surface area contributed by atoms with Gasteiger partial charge in [0, 0.05) is 31.7 Å². The van der Waals surface area contributed by atoms with E-state index in [0.717, 1.165) is 13.1 Å². The van der Waals surface area contributed by atoms with E-state index in [4.69, 9.17) is 0 Å². The maximum absolute atomic E-state index is 13.1. The Bertz CT molecular complexity index is 471. The summed E-state index contributed by atoms with van der Waals surface area (Å²) in [4.78, 5) is 2.18. The molecule has 0 aliphatic carbocycles. The first-order chi connectivity index (χ1) is 9.79. The predicted octanol–water partition coefficient (Wildman–Crippen LogP) is 3.52. The monoisotopic (exact) mass is 300 g/mol. The average Bonchev–Trinajstić information content (AvgIpc) is 2.37. The molecule has 1 aliphatic heterocycles. The van der Waals surface area contributed by atoms with Gasteiger partial charge in [-0.1, -0.05) is 32.0 Å². The highest BCUT2D eigenvalue weighted by atomic mass is 19.4. The summed E-state index contributed by atoms with van der Waals surface area (Å²) in [6.45, 7) is 8.25. The second-order valence-electron chi connectivity index (χ2n) is 6.21. The highest BCUT2D eigenvalue weighted by Gasteiger charge is 2.35. The fraction of sp³-hybridized carbons (Fsp3) is 0.625. The lowest BCUT2D eigenvalue weighted by atomic mass is 9.97. The van der Waals surface area contributed by atoms with Crippen molar-refractivity contribution in [2.45, 2.75) is 45.6 Å². The number of hydrogen-bond acceptors (Lipinski definition) is 2. The number of rotatable bonds is 3. The van der Waals surface area contributed by atoms with E-state index < -0.39 is 11.7 Å². The first kappa shape index (κ1) is 16.3. The van der Waals surface area contributed by atoms with Crippen LogP contribution in [0.15, 0.2) is 24.3 Å². The van der Waals surface area contributed by atoms with E-state index in [1.807, 2.05) is 0 Å². The van der Waals surface area contributed by atoms with Gasteiger partial charge in [-0.25, -0.2) is 0 Å². The Kier molecular flexibility index (Phi) is 4.94. The third-order valence-corrected chi connectivity index (χ3v) is 4.12. The standard InChI is InChI=1S/C16H23F3N2/c1-11(2)15-8-20-12(3)9-21(15)10-13-6-4-5-7-14(13)16(17,18)19/h4-7,11-12,15,20H,8-10H2,1-3H3. The van der Waals surface area contributed by atoms with Crippen molar-refractivity contribution < 1.29 is 13.2 Å². The van der Waals surface area contributed by atoms with Crippen molar-refractivity contribution in [1.29, 1.82) is 0 Å². The third-order valence-electron chi connectivity index (χ3n) is 4.12. The molecule has 1 aliphatic rings. The van der Waals surface area contributed by atoms with Crippen molar-refractivity contribution in [1.82, 2.24) is 10.2 Å². The van der Waals surface area contributed by atoms with Crippen LogP contribution in [0.5, 0.6) is 0 Å². The van der Waals surface area contributed by atoms with Crippen molar-refractivity contribution in [2.24, 2.45) is 5.92 Å². The molecule has 1 heterocycles. The van der Waals surface area contributed by atoms with Crippen LogP contribution >= 0.6 is 0 Å². The summed E-state index contributed by atoms with van der Waals surface area (Å²) in [5.41, 5.74) is -0.150. The van der Waals surface area contributed by atoms with Gasteiger partial charge in [0.2, 0.25) is 0 Å². The van der Waals surface area contributed by atoms with Crippen molar-refractivity contribution >= 4 is 0 Å². The van der Waals surface area contributed by atoms with E-state index in [9.17, 15) is 13.2 Å². The molecule has 2 rings (SSSR count). The molecule has 2 atom stereocenters. The Hall–Kier alpha value is -1.07. The van der Waals surface area contributed by atoms with Crippen LogP contribution in [0.4, 0.5) is 13.2 Å². The van der Waals surface area contributed by atoms with E-state index in [2.05, 4.69) is 31.0 Å². The molecule has 1 fully saturated rings. The Labute approximate surface area is 124 Å². The zero-order valence-corrected chi connectivity index (χ0v) is 12.7. The van der Waals surface area contributed by atoms with Crippen molar-refractivity contribution in [2.75, 3.05) is 13.1 Å². The van der Waals surface area contributed by atoms with Gasteiger partial charge in [0.05, 0.1) is 5.56 Å². The average molecular weight is 300 g/mol. The third kappa shape index (κ3) is 3.98. The molecule has 0 bridgehead atoms. The first-order valence-electron chi connectivity index (χ1n) is 7.41.